The van der Waals surface area contributed by atoms with E-state index in [1.54, 1.807) is 7.11 Å². The smallest absolute Gasteiger partial charge is 0.123 e. The number of hydrogen-bond donors (Lipinski definition) is 1. The molecular formula is C18H26ClNO. The lowest BCUT2D eigenvalue weighted by atomic mass is 9.98. The van der Waals surface area contributed by atoms with Crippen molar-refractivity contribution >= 4 is 11.6 Å². The van der Waals surface area contributed by atoms with Crippen LogP contribution >= 0.6 is 11.6 Å². The summed E-state index contributed by atoms with van der Waals surface area (Å²) in [7, 11) is 1.75. The second kappa shape index (κ2) is 6.58. The normalized spacial score (nSPS) is 28.8. The third kappa shape index (κ3) is 3.07. The largest absolute Gasteiger partial charge is 0.496 e. The van der Waals surface area contributed by atoms with E-state index in [1.807, 2.05) is 12.1 Å². The monoisotopic (exact) mass is 307 g/mol. The van der Waals surface area contributed by atoms with E-state index >= 15 is 0 Å². The van der Waals surface area contributed by atoms with Crippen molar-refractivity contribution in [3.05, 3.63) is 28.8 Å². The van der Waals surface area contributed by atoms with Gasteiger partial charge in [0.1, 0.15) is 5.75 Å². The molecule has 0 spiro atoms. The van der Waals surface area contributed by atoms with E-state index in [1.165, 1.54) is 31.2 Å². The molecule has 2 fully saturated rings. The quantitative estimate of drug-likeness (QED) is 0.813. The molecule has 1 N–H and O–H groups in total. The number of fused-ring (bicyclic) bond motifs is 1. The van der Waals surface area contributed by atoms with Crippen molar-refractivity contribution in [1.82, 2.24) is 5.32 Å². The maximum absolute atomic E-state index is 6.25. The summed E-state index contributed by atoms with van der Waals surface area (Å²) in [6.07, 6.45) is 6.78. The SMILES string of the molecule is CCCNC(c1cc(Cl)ccc1OC)C1C2CCCCC21. The minimum absolute atomic E-state index is 0.395. The van der Waals surface area contributed by atoms with Gasteiger partial charge in [0.15, 0.2) is 0 Å². The van der Waals surface area contributed by atoms with Gasteiger partial charge in [-0.05, 0) is 61.8 Å². The van der Waals surface area contributed by atoms with Crippen molar-refractivity contribution in [3.8, 4) is 5.75 Å². The molecule has 1 aromatic carbocycles. The summed E-state index contributed by atoms with van der Waals surface area (Å²) in [5.74, 6) is 3.57. The second-order valence-electron chi connectivity index (χ2n) is 6.51. The first kappa shape index (κ1) is 15.2. The van der Waals surface area contributed by atoms with Gasteiger partial charge < -0.3 is 10.1 Å². The standard InChI is InChI=1S/C18H26ClNO/c1-3-10-20-18(17-13-6-4-5-7-14(13)17)15-11-12(19)8-9-16(15)21-2/h8-9,11,13-14,17-18,20H,3-7,10H2,1-2H3. The molecule has 21 heavy (non-hydrogen) atoms. The van der Waals surface area contributed by atoms with E-state index in [4.69, 9.17) is 16.3 Å². The van der Waals surface area contributed by atoms with Gasteiger partial charge in [-0.1, -0.05) is 31.4 Å². The van der Waals surface area contributed by atoms with Gasteiger partial charge in [0.25, 0.3) is 0 Å². The summed E-state index contributed by atoms with van der Waals surface area (Å²) in [5, 5.41) is 4.57. The average molecular weight is 308 g/mol. The molecule has 2 saturated carbocycles. The Bertz CT molecular complexity index is 478. The van der Waals surface area contributed by atoms with Crippen LogP contribution in [0.1, 0.15) is 50.6 Å². The number of methoxy groups -OCH3 is 1. The number of halogens is 1. The van der Waals surface area contributed by atoms with Crippen molar-refractivity contribution in [2.45, 2.75) is 45.1 Å². The molecule has 3 heteroatoms. The molecule has 0 radical (unpaired) electrons. The van der Waals surface area contributed by atoms with E-state index < -0.39 is 0 Å². The molecule has 2 aliphatic carbocycles. The molecule has 0 heterocycles. The number of nitrogens with one attached hydrogen (secondary N) is 1. The highest BCUT2D eigenvalue weighted by molar-refractivity contribution is 6.30. The van der Waals surface area contributed by atoms with Crippen molar-refractivity contribution in [3.63, 3.8) is 0 Å². The third-order valence-electron chi connectivity index (χ3n) is 5.25. The van der Waals surface area contributed by atoms with Crippen LogP contribution in [-0.2, 0) is 0 Å². The zero-order chi connectivity index (χ0) is 14.8. The Hall–Kier alpha value is -0.730. The van der Waals surface area contributed by atoms with E-state index in [0.29, 0.717) is 6.04 Å². The predicted molar refractivity (Wildman–Crippen MR) is 88.0 cm³/mol. The molecule has 3 rings (SSSR count). The Morgan fingerprint density at radius 1 is 1.29 bits per heavy atom. The van der Waals surface area contributed by atoms with Crippen LogP contribution in [0.4, 0.5) is 0 Å². The van der Waals surface area contributed by atoms with Gasteiger partial charge in [0.2, 0.25) is 0 Å². The van der Waals surface area contributed by atoms with Crippen molar-refractivity contribution < 1.29 is 4.74 Å². The van der Waals surface area contributed by atoms with Crippen LogP contribution in [-0.4, -0.2) is 13.7 Å². The lowest BCUT2D eigenvalue weighted by Gasteiger charge is -2.22. The zero-order valence-corrected chi connectivity index (χ0v) is 13.8. The molecular weight excluding hydrogens is 282 g/mol. The third-order valence-corrected chi connectivity index (χ3v) is 5.48. The Labute approximate surface area is 133 Å². The Morgan fingerprint density at radius 2 is 2.00 bits per heavy atom. The number of rotatable bonds is 6. The molecule has 0 bridgehead atoms. The highest BCUT2D eigenvalue weighted by atomic mass is 35.5. The number of ether oxygens (including phenoxy) is 1. The molecule has 0 aromatic heterocycles. The molecule has 3 atom stereocenters. The summed E-state index contributed by atoms with van der Waals surface area (Å²) >= 11 is 6.25. The van der Waals surface area contributed by atoms with Gasteiger partial charge in [0, 0.05) is 16.6 Å². The highest BCUT2D eigenvalue weighted by Crippen LogP contribution is 2.61. The maximum atomic E-state index is 6.25. The van der Waals surface area contributed by atoms with Crippen LogP contribution in [0.25, 0.3) is 0 Å². The first-order valence-corrected chi connectivity index (χ1v) is 8.71. The summed E-state index contributed by atoms with van der Waals surface area (Å²) in [4.78, 5) is 0. The van der Waals surface area contributed by atoms with Crippen LogP contribution in [0.15, 0.2) is 18.2 Å². The van der Waals surface area contributed by atoms with E-state index in [0.717, 1.165) is 41.5 Å². The Balaban J connectivity index is 1.87. The van der Waals surface area contributed by atoms with E-state index in [-0.39, 0.29) is 0 Å². The lowest BCUT2D eigenvalue weighted by Crippen LogP contribution is -2.25. The van der Waals surface area contributed by atoms with Crippen molar-refractivity contribution in [1.29, 1.82) is 0 Å². The minimum atomic E-state index is 0.395. The first-order valence-electron chi connectivity index (χ1n) is 8.33. The van der Waals surface area contributed by atoms with Gasteiger partial charge in [-0.25, -0.2) is 0 Å². The number of hydrogen-bond acceptors (Lipinski definition) is 2. The zero-order valence-electron chi connectivity index (χ0n) is 13.1. The summed E-state index contributed by atoms with van der Waals surface area (Å²) in [5.41, 5.74) is 1.25. The Kier molecular flexibility index (Phi) is 4.75. The van der Waals surface area contributed by atoms with Crippen molar-refractivity contribution in [2.75, 3.05) is 13.7 Å². The Morgan fingerprint density at radius 3 is 2.62 bits per heavy atom. The van der Waals surface area contributed by atoms with Gasteiger partial charge >= 0.3 is 0 Å². The van der Waals surface area contributed by atoms with Gasteiger partial charge in [-0.3, -0.25) is 0 Å². The molecule has 2 aliphatic rings. The van der Waals surface area contributed by atoms with Crippen LogP contribution in [0.2, 0.25) is 5.02 Å². The molecule has 0 aliphatic heterocycles. The van der Waals surface area contributed by atoms with E-state index in [2.05, 4.69) is 18.3 Å². The lowest BCUT2D eigenvalue weighted by molar-refractivity contribution is 0.383. The van der Waals surface area contributed by atoms with Gasteiger partial charge in [-0.2, -0.15) is 0 Å². The second-order valence-corrected chi connectivity index (χ2v) is 6.94. The van der Waals surface area contributed by atoms with Crippen LogP contribution in [0.3, 0.4) is 0 Å². The van der Waals surface area contributed by atoms with Crippen LogP contribution < -0.4 is 10.1 Å². The predicted octanol–water partition coefficient (Wildman–Crippen LogP) is 4.83. The molecule has 0 amide bonds. The fourth-order valence-corrected chi connectivity index (χ4v) is 4.42. The van der Waals surface area contributed by atoms with Gasteiger partial charge in [0.05, 0.1) is 7.11 Å². The minimum Gasteiger partial charge on any atom is -0.496 e. The molecule has 116 valence electrons. The molecule has 2 nitrogen and oxygen atoms in total. The highest BCUT2D eigenvalue weighted by Gasteiger charge is 2.54. The topological polar surface area (TPSA) is 21.3 Å². The average Bonchev–Trinajstić information content (AvgIpc) is 3.22. The van der Waals surface area contributed by atoms with Gasteiger partial charge in [-0.15, -0.1) is 0 Å². The summed E-state index contributed by atoms with van der Waals surface area (Å²) in [6, 6.07) is 6.41. The molecule has 1 aromatic rings. The van der Waals surface area contributed by atoms with Crippen LogP contribution in [0, 0.1) is 17.8 Å². The fraction of sp³-hybridized carbons (Fsp3) is 0.667. The number of benzene rings is 1. The van der Waals surface area contributed by atoms with Crippen LogP contribution in [0.5, 0.6) is 5.75 Å². The maximum Gasteiger partial charge on any atom is 0.123 e. The summed E-state index contributed by atoms with van der Waals surface area (Å²) < 4.78 is 5.59. The first-order chi connectivity index (χ1) is 10.3. The fourth-order valence-electron chi connectivity index (χ4n) is 4.24. The molecule has 0 saturated heterocycles. The van der Waals surface area contributed by atoms with Crippen molar-refractivity contribution in [2.24, 2.45) is 17.8 Å². The van der Waals surface area contributed by atoms with E-state index in [9.17, 15) is 0 Å². The summed E-state index contributed by atoms with van der Waals surface area (Å²) in [6.45, 7) is 3.27. The molecule has 3 unspecified atom stereocenters.